The van der Waals surface area contributed by atoms with Crippen molar-refractivity contribution in [2.45, 2.75) is 44.4 Å². The highest BCUT2D eigenvalue weighted by molar-refractivity contribution is 5.73. The zero-order valence-electron chi connectivity index (χ0n) is 19.4. The fourth-order valence-electron chi connectivity index (χ4n) is 4.29. The number of piperidine rings is 1. The van der Waals surface area contributed by atoms with Gasteiger partial charge in [0.05, 0.1) is 12.1 Å². The number of aliphatic carboxylic acids is 1. The van der Waals surface area contributed by atoms with Gasteiger partial charge in [-0.2, -0.15) is 13.2 Å². The lowest BCUT2D eigenvalue weighted by Gasteiger charge is -2.31. The second-order valence-electron chi connectivity index (χ2n) is 8.73. The maximum Gasteiger partial charge on any atom is 0.490 e. The molecule has 0 unspecified atom stereocenters. The van der Waals surface area contributed by atoms with Crippen LogP contribution in [0.25, 0.3) is 11.3 Å². The molecule has 0 radical (unpaired) electrons. The van der Waals surface area contributed by atoms with Crippen LogP contribution in [0.5, 0.6) is 0 Å². The van der Waals surface area contributed by atoms with Crippen molar-refractivity contribution in [2.24, 2.45) is 0 Å². The molecule has 36 heavy (non-hydrogen) atoms. The summed E-state index contributed by atoms with van der Waals surface area (Å²) in [4.78, 5) is 20.8. The van der Waals surface area contributed by atoms with E-state index in [-0.39, 0.29) is 5.82 Å². The monoisotopic (exact) mass is 506 g/mol. The third-order valence-electron chi connectivity index (χ3n) is 6.20. The number of carbonyl (C=O) groups is 1. The lowest BCUT2D eigenvalue weighted by Crippen LogP contribution is -2.33. The van der Waals surface area contributed by atoms with E-state index in [4.69, 9.17) is 19.3 Å². The lowest BCUT2D eigenvalue weighted by atomic mass is 9.95. The first-order valence-electron chi connectivity index (χ1n) is 11.6. The van der Waals surface area contributed by atoms with Crippen LogP contribution >= 0.6 is 0 Å². The number of furan rings is 1. The maximum atomic E-state index is 14.0. The molecule has 4 heterocycles. The molecule has 1 saturated heterocycles. The minimum absolute atomic E-state index is 0.255. The molecular weight excluding hydrogens is 480 g/mol. The summed E-state index contributed by atoms with van der Waals surface area (Å²) < 4.78 is 51.6. The topological polar surface area (TPSA) is 91.5 Å². The molecule has 7 nitrogen and oxygen atoms in total. The summed E-state index contributed by atoms with van der Waals surface area (Å²) in [5.74, 6) is -0.117. The van der Waals surface area contributed by atoms with E-state index < -0.39 is 12.1 Å². The third-order valence-corrected chi connectivity index (χ3v) is 6.20. The number of alkyl halides is 3. The smallest absolute Gasteiger partial charge is 0.475 e. The van der Waals surface area contributed by atoms with Crippen LogP contribution in [0.4, 0.5) is 17.6 Å². The van der Waals surface area contributed by atoms with Crippen molar-refractivity contribution in [1.82, 2.24) is 20.2 Å². The number of aromatic nitrogens is 2. The van der Waals surface area contributed by atoms with E-state index in [2.05, 4.69) is 15.2 Å². The molecule has 3 aromatic rings. The Kier molecular flexibility index (Phi) is 8.00. The van der Waals surface area contributed by atoms with Gasteiger partial charge in [0.2, 0.25) is 0 Å². The van der Waals surface area contributed by atoms with E-state index in [9.17, 15) is 17.6 Å². The molecular formula is C25H26F4N4O3. The summed E-state index contributed by atoms with van der Waals surface area (Å²) >= 11 is 0. The van der Waals surface area contributed by atoms with Gasteiger partial charge in [-0.15, -0.1) is 0 Å². The molecule has 2 N–H and O–H groups in total. The van der Waals surface area contributed by atoms with E-state index in [1.54, 1.807) is 12.1 Å². The van der Waals surface area contributed by atoms with Gasteiger partial charge in [-0.3, -0.25) is 4.90 Å². The molecule has 11 heteroatoms. The molecule has 2 aliphatic heterocycles. The molecule has 0 bridgehead atoms. The molecule has 0 amide bonds. The molecule has 5 rings (SSSR count). The van der Waals surface area contributed by atoms with Gasteiger partial charge in [-0.05, 0) is 50.2 Å². The van der Waals surface area contributed by atoms with Gasteiger partial charge in [0.1, 0.15) is 23.2 Å². The summed E-state index contributed by atoms with van der Waals surface area (Å²) in [7, 11) is 0. The number of nitrogens with zero attached hydrogens (tertiary/aromatic N) is 3. The fraction of sp³-hybridized carbons (Fsp3) is 0.400. The first-order chi connectivity index (χ1) is 17.2. The van der Waals surface area contributed by atoms with Gasteiger partial charge in [-0.25, -0.2) is 19.2 Å². The summed E-state index contributed by atoms with van der Waals surface area (Å²) in [6, 6.07) is 10.5. The Morgan fingerprint density at radius 2 is 1.89 bits per heavy atom. The standard InChI is InChI=1S/C23H25FN4O.C2HF3O2/c24-20-4-2-1-3-19(20)22-6-5-18(29-22)15-28-11-8-16(9-12-28)23-26-14-17-13-25-10-7-21(17)27-23;3-2(4,5)1(6)7/h1-6,14,16,25H,7-13,15H2;(H,6,7). The van der Waals surface area contributed by atoms with Crippen LogP contribution in [0.15, 0.2) is 47.0 Å². The number of rotatable bonds is 4. The van der Waals surface area contributed by atoms with Crippen molar-refractivity contribution in [3.8, 4) is 11.3 Å². The first kappa shape index (κ1) is 25.8. The number of hydrogen-bond acceptors (Lipinski definition) is 6. The second-order valence-corrected chi connectivity index (χ2v) is 8.73. The highest BCUT2D eigenvalue weighted by Crippen LogP contribution is 2.29. The van der Waals surface area contributed by atoms with Crippen molar-refractivity contribution < 1.29 is 31.9 Å². The van der Waals surface area contributed by atoms with E-state index in [0.29, 0.717) is 17.2 Å². The lowest BCUT2D eigenvalue weighted by molar-refractivity contribution is -0.192. The number of carboxylic acid groups (broad SMARTS) is 1. The summed E-state index contributed by atoms with van der Waals surface area (Å²) in [6.07, 6.45) is 0.0195. The van der Waals surface area contributed by atoms with Crippen LogP contribution in [0, 0.1) is 5.82 Å². The average Bonchev–Trinajstić information content (AvgIpc) is 3.32. The Morgan fingerprint density at radius 3 is 2.58 bits per heavy atom. The van der Waals surface area contributed by atoms with E-state index in [1.165, 1.54) is 17.3 Å². The number of nitrogens with one attached hydrogen (secondary N) is 1. The summed E-state index contributed by atoms with van der Waals surface area (Å²) in [5, 5.41) is 10.5. The molecule has 0 saturated carbocycles. The van der Waals surface area contributed by atoms with Crippen LogP contribution in [-0.4, -0.2) is 51.8 Å². The van der Waals surface area contributed by atoms with Crippen molar-refractivity contribution in [3.63, 3.8) is 0 Å². The minimum Gasteiger partial charge on any atom is -0.475 e. The van der Waals surface area contributed by atoms with Gasteiger partial charge < -0.3 is 14.8 Å². The first-order valence-corrected chi connectivity index (χ1v) is 11.6. The number of carboxylic acids is 1. The Bertz CT molecular complexity index is 1190. The minimum atomic E-state index is -5.08. The number of hydrogen-bond donors (Lipinski definition) is 2. The Hall–Kier alpha value is -3.31. The fourth-order valence-corrected chi connectivity index (χ4v) is 4.29. The molecule has 0 spiro atoms. The van der Waals surface area contributed by atoms with Crippen molar-refractivity contribution >= 4 is 5.97 Å². The maximum absolute atomic E-state index is 14.0. The predicted octanol–water partition coefficient (Wildman–Crippen LogP) is 4.53. The predicted molar refractivity (Wildman–Crippen MR) is 122 cm³/mol. The van der Waals surface area contributed by atoms with Crippen LogP contribution in [-0.2, 0) is 24.3 Å². The molecule has 1 aromatic carbocycles. The number of halogens is 4. The van der Waals surface area contributed by atoms with Crippen molar-refractivity contribution in [2.75, 3.05) is 19.6 Å². The quantitative estimate of drug-likeness (QED) is 0.503. The molecule has 2 aliphatic rings. The normalized spacial score (nSPS) is 16.7. The van der Waals surface area contributed by atoms with Crippen LogP contribution in [0.3, 0.4) is 0 Å². The third kappa shape index (κ3) is 6.46. The average molecular weight is 507 g/mol. The van der Waals surface area contributed by atoms with Crippen molar-refractivity contribution in [1.29, 1.82) is 0 Å². The zero-order valence-corrected chi connectivity index (χ0v) is 19.4. The Labute approximate surface area is 205 Å². The molecule has 192 valence electrons. The second kappa shape index (κ2) is 11.2. The van der Waals surface area contributed by atoms with Gasteiger partial charge in [0, 0.05) is 42.9 Å². The SMILES string of the molecule is Fc1ccccc1-c1ccc(CN2CCC(c3ncc4c(n3)CCNC4)CC2)o1.O=C(O)C(F)(F)F. The van der Waals surface area contributed by atoms with E-state index in [1.807, 2.05) is 24.4 Å². The van der Waals surface area contributed by atoms with Gasteiger partial charge >= 0.3 is 12.1 Å². The van der Waals surface area contributed by atoms with Gasteiger partial charge in [-0.1, -0.05) is 12.1 Å². The summed E-state index contributed by atoms with van der Waals surface area (Å²) in [5.41, 5.74) is 2.96. The van der Waals surface area contributed by atoms with Gasteiger partial charge in [0.15, 0.2) is 0 Å². The molecule has 1 fully saturated rings. The molecule has 0 aliphatic carbocycles. The van der Waals surface area contributed by atoms with E-state index >= 15 is 0 Å². The number of fused-ring (bicyclic) bond motifs is 1. The summed E-state index contributed by atoms with van der Waals surface area (Å²) in [6.45, 7) is 4.61. The largest absolute Gasteiger partial charge is 0.490 e. The highest BCUT2D eigenvalue weighted by atomic mass is 19.4. The zero-order chi connectivity index (χ0) is 25.7. The van der Waals surface area contributed by atoms with E-state index in [0.717, 1.165) is 63.6 Å². The Balaban J connectivity index is 0.000000384. The van der Waals surface area contributed by atoms with Crippen LogP contribution < -0.4 is 5.32 Å². The molecule has 2 aromatic heterocycles. The molecule has 0 atom stereocenters. The van der Waals surface area contributed by atoms with Crippen LogP contribution in [0.2, 0.25) is 0 Å². The van der Waals surface area contributed by atoms with Crippen LogP contribution in [0.1, 0.15) is 41.6 Å². The number of benzene rings is 1. The van der Waals surface area contributed by atoms with Gasteiger partial charge in [0.25, 0.3) is 0 Å². The number of likely N-dealkylation sites (tertiary alicyclic amines) is 1. The van der Waals surface area contributed by atoms with Crippen molar-refractivity contribution in [3.05, 3.63) is 71.3 Å². The Morgan fingerprint density at radius 1 is 1.17 bits per heavy atom. The highest BCUT2D eigenvalue weighted by Gasteiger charge is 2.38.